The van der Waals surface area contributed by atoms with Crippen molar-refractivity contribution in [1.82, 2.24) is 4.40 Å². The van der Waals surface area contributed by atoms with E-state index in [-0.39, 0.29) is 5.41 Å². The molecule has 12 aromatic rings. The molecule has 13 rings (SSSR count). The predicted molar refractivity (Wildman–Crippen MR) is 266 cm³/mol. The number of thiophene rings is 1. The molecule has 3 heterocycles. The molecular weight excluding hydrogens is 769 g/mol. The highest BCUT2D eigenvalue weighted by molar-refractivity contribution is 7.25. The van der Waals surface area contributed by atoms with Crippen LogP contribution < -0.4 is 4.90 Å². The highest BCUT2D eigenvalue weighted by atomic mass is 32.1. The van der Waals surface area contributed by atoms with Gasteiger partial charge in [-0.25, -0.2) is 0 Å². The lowest BCUT2D eigenvalue weighted by atomic mass is 9.82. The Morgan fingerprint density at radius 2 is 1.16 bits per heavy atom. The zero-order chi connectivity index (χ0) is 41.7. The van der Waals surface area contributed by atoms with Crippen LogP contribution in [-0.2, 0) is 5.41 Å². The minimum absolute atomic E-state index is 0.134. The van der Waals surface area contributed by atoms with Crippen LogP contribution in [-0.4, -0.2) is 4.40 Å². The molecule has 294 valence electrons. The second kappa shape index (κ2) is 13.8. The number of hydrogen-bond donors (Lipinski definition) is 0. The summed E-state index contributed by atoms with van der Waals surface area (Å²) in [5.74, 6) is 0. The van der Waals surface area contributed by atoms with E-state index in [2.05, 4.69) is 211 Å². The summed E-state index contributed by atoms with van der Waals surface area (Å²) in [6, 6.07) is 74.0. The maximum absolute atomic E-state index is 3.46. The maximum atomic E-state index is 3.46. The van der Waals surface area contributed by atoms with Crippen LogP contribution in [0, 0.1) is 12.1 Å². The molecule has 3 heteroatoms. The number of benzene rings is 8. The largest absolute Gasteiger partial charge is 0.310 e. The second-order valence-electron chi connectivity index (χ2n) is 16.7. The van der Waals surface area contributed by atoms with E-state index < -0.39 is 0 Å². The van der Waals surface area contributed by atoms with Gasteiger partial charge in [0.2, 0.25) is 0 Å². The Hall–Kier alpha value is -7.38. The topological polar surface area (TPSA) is 7.65 Å². The number of hydrogen-bond acceptors (Lipinski definition) is 2. The Labute approximate surface area is 365 Å². The van der Waals surface area contributed by atoms with Crippen LogP contribution in [0.1, 0.15) is 38.8 Å². The van der Waals surface area contributed by atoms with Gasteiger partial charge >= 0.3 is 0 Å². The summed E-state index contributed by atoms with van der Waals surface area (Å²) in [5.41, 5.74) is 17.0. The molecule has 0 unspecified atom stereocenters. The van der Waals surface area contributed by atoms with Gasteiger partial charge < -0.3 is 9.30 Å². The molecule has 0 amide bonds. The van der Waals surface area contributed by atoms with Gasteiger partial charge in [-0.3, -0.25) is 0 Å². The lowest BCUT2D eigenvalue weighted by Gasteiger charge is -2.27. The van der Waals surface area contributed by atoms with E-state index in [4.69, 9.17) is 0 Å². The number of para-hydroxylation sites is 2. The molecule has 2 nitrogen and oxygen atoms in total. The van der Waals surface area contributed by atoms with Crippen LogP contribution in [0.25, 0.3) is 91.6 Å². The normalized spacial score (nSPS) is 12.8. The molecule has 1 aliphatic rings. The summed E-state index contributed by atoms with van der Waals surface area (Å²) in [5, 5.41) is 7.71. The minimum Gasteiger partial charge on any atom is -0.310 e. The Morgan fingerprint density at radius 1 is 0.516 bits per heavy atom. The number of fused-ring (bicyclic) bond motifs is 12. The molecule has 0 bridgehead atoms. The predicted octanol–water partition coefficient (Wildman–Crippen LogP) is 16.9. The van der Waals surface area contributed by atoms with Crippen molar-refractivity contribution in [3.8, 4) is 33.4 Å². The van der Waals surface area contributed by atoms with Gasteiger partial charge in [-0.1, -0.05) is 149 Å². The molecule has 0 atom stereocenters. The average molecular weight is 811 g/mol. The van der Waals surface area contributed by atoms with Crippen LogP contribution in [0.3, 0.4) is 0 Å². The van der Waals surface area contributed by atoms with Crippen LogP contribution in [0.2, 0.25) is 0 Å². The highest BCUT2D eigenvalue weighted by Gasteiger charge is 2.37. The number of rotatable bonds is 5. The zero-order valence-electron chi connectivity index (χ0n) is 35.1. The van der Waals surface area contributed by atoms with Crippen molar-refractivity contribution in [2.24, 2.45) is 0 Å². The quantitative estimate of drug-likeness (QED) is 0.168. The Kier molecular flexibility index (Phi) is 8.13. The van der Waals surface area contributed by atoms with Gasteiger partial charge in [0.15, 0.2) is 0 Å². The third-order valence-electron chi connectivity index (χ3n) is 13.2. The molecule has 0 fully saturated rings. The summed E-state index contributed by atoms with van der Waals surface area (Å²) >= 11 is 1.86. The fraction of sp³-hybridized carbons (Fsp3) is 0.0847. The van der Waals surface area contributed by atoms with Gasteiger partial charge in [0, 0.05) is 64.1 Å². The fourth-order valence-corrected chi connectivity index (χ4v) is 11.5. The molecule has 1 aliphatic carbocycles. The Morgan fingerprint density at radius 3 is 1.94 bits per heavy atom. The van der Waals surface area contributed by atoms with E-state index in [1.807, 2.05) is 31.3 Å². The van der Waals surface area contributed by atoms with Crippen molar-refractivity contribution in [1.29, 1.82) is 0 Å². The first-order valence-electron chi connectivity index (χ1n) is 21.7. The molecule has 0 spiro atoms. The third-order valence-corrected chi connectivity index (χ3v) is 14.3. The summed E-state index contributed by atoms with van der Waals surface area (Å²) in [6.45, 7) is 8.61. The summed E-state index contributed by atoms with van der Waals surface area (Å²) < 4.78 is 5.12. The van der Waals surface area contributed by atoms with Gasteiger partial charge in [-0.05, 0) is 112 Å². The molecule has 0 saturated carbocycles. The maximum Gasteiger partial charge on any atom is 0.0641 e. The van der Waals surface area contributed by atoms with Crippen molar-refractivity contribution < 1.29 is 0 Å². The Bertz CT molecular complexity index is 3680. The van der Waals surface area contributed by atoms with E-state index in [1.165, 1.54) is 103 Å². The third kappa shape index (κ3) is 5.17. The molecule has 9 aromatic carbocycles. The molecule has 0 aliphatic heterocycles. The molecule has 0 radical (unpaired) electrons. The SMILES string of the molecule is CC.CC1(C)c2c#cccc2-c2c(-c3ccc(N(c4ccc(-c5ccc6sc7ccccc7c6c5)cc4)c4ccc5c6ccccc6n6c7ccccc7c4c56)cc3)cccc21. The number of nitrogens with zero attached hydrogens (tertiary/aromatic N) is 2. The molecule has 3 aromatic heterocycles. The average Bonchev–Trinajstić information content (AvgIpc) is 4.05. The van der Waals surface area contributed by atoms with Crippen LogP contribution in [0.15, 0.2) is 182 Å². The van der Waals surface area contributed by atoms with Crippen molar-refractivity contribution in [3.63, 3.8) is 0 Å². The molecule has 0 saturated heterocycles. The Balaban J connectivity index is 0.00000202. The summed E-state index contributed by atoms with van der Waals surface area (Å²) in [7, 11) is 0. The van der Waals surface area contributed by atoms with Gasteiger partial charge in [-0.2, -0.15) is 0 Å². The van der Waals surface area contributed by atoms with Crippen LogP contribution >= 0.6 is 11.3 Å². The van der Waals surface area contributed by atoms with Gasteiger partial charge in [0.05, 0.1) is 22.2 Å². The number of aromatic nitrogens is 1. The van der Waals surface area contributed by atoms with Crippen molar-refractivity contribution >= 4 is 86.7 Å². The minimum atomic E-state index is -0.134. The van der Waals surface area contributed by atoms with Crippen molar-refractivity contribution in [2.45, 2.75) is 33.1 Å². The van der Waals surface area contributed by atoms with E-state index in [9.17, 15) is 0 Å². The van der Waals surface area contributed by atoms with Gasteiger partial charge in [0.25, 0.3) is 0 Å². The molecule has 62 heavy (non-hydrogen) atoms. The van der Waals surface area contributed by atoms with E-state index in [1.54, 1.807) is 0 Å². The lowest BCUT2D eigenvalue weighted by Crippen LogP contribution is -2.14. The second-order valence-corrected chi connectivity index (χ2v) is 17.8. The zero-order valence-corrected chi connectivity index (χ0v) is 35.9. The first kappa shape index (κ1) is 36.5. The van der Waals surface area contributed by atoms with E-state index >= 15 is 0 Å². The molecular formula is C59H42N2S. The van der Waals surface area contributed by atoms with Crippen LogP contribution in [0.4, 0.5) is 17.1 Å². The van der Waals surface area contributed by atoms with Gasteiger partial charge in [-0.15, -0.1) is 11.3 Å². The summed E-state index contributed by atoms with van der Waals surface area (Å²) in [4.78, 5) is 2.46. The fourth-order valence-electron chi connectivity index (χ4n) is 10.4. The van der Waals surface area contributed by atoms with E-state index in [0.29, 0.717) is 0 Å². The van der Waals surface area contributed by atoms with Crippen LogP contribution in [0.5, 0.6) is 0 Å². The lowest BCUT2D eigenvalue weighted by molar-refractivity contribution is 0.661. The first-order chi connectivity index (χ1) is 30.5. The van der Waals surface area contributed by atoms with Crippen molar-refractivity contribution in [3.05, 3.63) is 205 Å². The van der Waals surface area contributed by atoms with E-state index in [0.717, 1.165) is 17.1 Å². The highest BCUT2D eigenvalue weighted by Crippen LogP contribution is 2.52. The van der Waals surface area contributed by atoms with Crippen molar-refractivity contribution in [2.75, 3.05) is 4.90 Å². The monoisotopic (exact) mass is 810 g/mol. The molecule has 0 N–H and O–H groups in total. The standard InChI is InChI=1S/C57H36N2S.C2H6/c1-57(2)47-17-7-3-14-44(47)54-40(16-11-18-48(54)57)36-24-29-39(30-25-36)58(38-27-22-35(23-28-38)37-26-33-53-46(34-37)42-13-6-10-21-52(42)60-53)51-32-31-43-41-12-4-8-19-49(41)59-50-20-9-5-15-45(50)55(51)56(43)59;1-2/h3-6,8-16,18-34H,1-2H3;1-2H3. The summed E-state index contributed by atoms with van der Waals surface area (Å²) in [6.07, 6.45) is 0. The number of anilines is 3. The smallest absolute Gasteiger partial charge is 0.0641 e. The first-order valence-corrected chi connectivity index (χ1v) is 22.5. The van der Waals surface area contributed by atoms with Gasteiger partial charge in [0.1, 0.15) is 0 Å².